The molecule has 0 radical (unpaired) electrons. The summed E-state index contributed by atoms with van der Waals surface area (Å²) in [6.07, 6.45) is 2.63. The minimum absolute atomic E-state index is 0.216. The van der Waals surface area contributed by atoms with E-state index in [1.165, 1.54) is 4.31 Å². The summed E-state index contributed by atoms with van der Waals surface area (Å²) in [5.41, 5.74) is 7.42. The molecule has 5 nitrogen and oxygen atoms in total. The number of sulfonamides is 1. The summed E-state index contributed by atoms with van der Waals surface area (Å²) >= 11 is 0. The van der Waals surface area contributed by atoms with Crippen molar-refractivity contribution in [2.75, 3.05) is 26.8 Å². The molecule has 20 heavy (non-hydrogen) atoms. The van der Waals surface area contributed by atoms with Crippen LogP contribution >= 0.6 is 0 Å². The van der Waals surface area contributed by atoms with Crippen LogP contribution in [-0.2, 0) is 21.3 Å². The topological polar surface area (TPSA) is 72.6 Å². The van der Waals surface area contributed by atoms with E-state index in [4.69, 9.17) is 10.5 Å². The Hall–Kier alpha value is -1.21. The molecule has 2 rings (SSSR count). The lowest BCUT2D eigenvalue weighted by molar-refractivity contribution is 0.219. The van der Waals surface area contributed by atoms with Gasteiger partial charge in [0.05, 0.1) is 11.5 Å². The Morgan fingerprint density at radius 3 is 2.70 bits per heavy atom. The number of nitrogens with two attached hydrogens (primary N) is 1. The largest absolute Gasteiger partial charge is 0.380 e. The molecule has 0 fully saturated rings. The van der Waals surface area contributed by atoms with Gasteiger partial charge in [0, 0.05) is 26.7 Å². The fourth-order valence-corrected chi connectivity index (χ4v) is 3.90. The quantitative estimate of drug-likeness (QED) is 0.826. The molecule has 0 aromatic heterocycles. The number of nitrogens with zero attached hydrogens (tertiary/aromatic N) is 1. The van der Waals surface area contributed by atoms with Gasteiger partial charge < -0.3 is 10.5 Å². The van der Waals surface area contributed by atoms with Crippen molar-refractivity contribution in [1.29, 1.82) is 0 Å². The first-order valence-electron chi connectivity index (χ1n) is 6.54. The molecule has 6 heteroatoms. The highest BCUT2D eigenvalue weighted by Gasteiger charge is 2.27. The van der Waals surface area contributed by atoms with Crippen LogP contribution in [0.15, 0.2) is 40.8 Å². The molecule has 1 heterocycles. The predicted molar refractivity (Wildman–Crippen MR) is 77.7 cm³/mol. The Bertz CT molecular complexity index is 596. The molecule has 0 saturated carbocycles. The minimum atomic E-state index is -3.48. The fourth-order valence-electron chi connectivity index (χ4n) is 2.29. The fraction of sp³-hybridized carbons (Fsp3) is 0.429. The highest BCUT2D eigenvalue weighted by Crippen LogP contribution is 2.23. The Kier molecular flexibility index (Phi) is 4.93. The van der Waals surface area contributed by atoms with E-state index in [0.717, 1.165) is 5.57 Å². The first kappa shape index (κ1) is 15.2. The number of hydrogen-bond acceptors (Lipinski definition) is 4. The smallest absolute Gasteiger partial charge is 0.243 e. The first-order valence-corrected chi connectivity index (χ1v) is 7.98. The van der Waals surface area contributed by atoms with Gasteiger partial charge >= 0.3 is 0 Å². The predicted octanol–water partition coefficient (Wildman–Crippen LogP) is 1.11. The highest BCUT2D eigenvalue weighted by atomic mass is 32.2. The van der Waals surface area contributed by atoms with Crippen molar-refractivity contribution in [1.82, 2.24) is 4.31 Å². The third kappa shape index (κ3) is 3.09. The molecule has 0 aliphatic carbocycles. The molecule has 0 unspecified atom stereocenters. The van der Waals surface area contributed by atoms with Crippen LogP contribution in [0.25, 0.3) is 0 Å². The van der Waals surface area contributed by atoms with Crippen molar-refractivity contribution in [3.05, 3.63) is 41.5 Å². The number of methoxy groups -OCH3 is 1. The summed E-state index contributed by atoms with van der Waals surface area (Å²) < 4.78 is 31.8. The monoisotopic (exact) mass is 296 g/mol. The average molecular weight is 296 g/mol. The summed E-state index contributed by atoms with van der Waals surface area (Å²) in [6, 6.07) is 6.89. The second-order valence-corrected chi connectivity index (χ2v) is 6.63. The molecule has 0 spiro atoms. The first-order chi connectivity index (χ1) is 9.59. The van der Waals surface area contributed by atoms with E-state index in [2.05, 4.69) is 0 Å². The molecule has 0 atom stereocenters. The van der Waals surface area contributed by atoms with Gasteiger partial charge in [-0.25, -0.2) is 8.42 Å². The third-order valence-electron chi connectivity index (χ3n) is 3.41. The van der Waals surface area contributed by atoms with Crippen molar-refractivity contribution in [3.8, 4) is 0 Å². The Morgan fingerprint density at radius 2 is 2.10 bits per heavy atom. The molecular formula is C14H20N2O3S. The van der Waals surface area contributed by atoms with E-state index >= 15 is 0 Å². The molecule has 1 aliphatic heterocycles. The Labute approximate surface area is 120 Å². The van der Waals surface area contributed by atoms with Gasteiger partial charge in [-0.2, -0.15) is 4.31 Å². The summed E-state index contributed by atoms with van der Waals surface area (Å²) in [6.45, 7) is 1.65. The lowest BCUT2D eigenvalue weighted by Crippen LogP contribution is -2.36. The second-order valence-electron chi connectivity index (χ2n) is 4.72. The minimum Gasteiger partial charge on any atom is -0.380 e. The molecule has 0 bridgehead atoms. The van der Waals surface area contributed by atoms with Crippen molar-refractivity contribution in [3.63, 3.8) is 0 Å². The zero-order chi connectivity index (χ0) is 14.6. The van der Waals surface area contributed by atoms with Crippen LogP contribution in [0, 0.1) is 0 Å². The standard InChI is InChI=1S/C14H20N2O3S/c1-19-11-12-6-8-16(9-7-12)20(17,18)14-5-3-2-4-13(14)10-15/h2-6H,7-11,15H2,1H3. The van der Waals surface area contributed by atoms with Crippen LogP contribution in [0.2, 0.25) is 0 Å². The van der Waals surface area contributed by atoms with Gasteiger partial charge in [0.25, 0.3) is 0 Å². The lowest BCUT2D eigenvalue weighted by atomic mass is 10.1. The van der Waals surface area contributed by atoms with E-state index in [-0.39, 0.29) is 6.54 Å². The van der Waals surface area contributed by atoms with E-state index < -0.39 is 10.0 Å². The van der Waals surface area contributed by atoms with E-state index in [1.54, 1.807) is 31.4 Å². The van der Waals surface area contributed by atoms with Crippen molar-refractivity contribution >= 4 is 10.0 Å². The zero-order valence-electron chi connectivity index (χ0n) is 11.6. The van der Waals surface area contributed by atoms with Gasteiger partial charge in [-0.05, 0) is 23.6 Å². The van der Waals surface area contributed by atoms with E-state index in [1.807, 2.05) is 6.08 Å². The van der Waals surface area contributed by atoms with Gasteiger partial charge in [0.15, 0.2) is 0 Å². The molecule has 0 saturated heterocycles. The molecule has 0 amide bonds. The number of rotatable bonds is 5. The summed E-state index contributed by atoms with van der Waals surface area (Å²) in [4.78, 5) is 0.311. The van der Waals surface area contributed by atoms with Crippen molar-refractivity contribution in [2.24, 2.45) is 5.73 Å². The van der Waals surface area contributed by atoms with Gasteiger partial charge in [-0.3, -0.25) is 0 Å². The van der Waals surface area contributed by atoms with Crippen LogP contribution in [-0.4, -0.2) is 39.5 Å². The average Bonchev–Trinajstić information content (AvgIpc) is 2.48. The summed E-state index contributed by atoms with van der Waals surface area (Å²) in [5, 5.41) is 0. The molecule has 110 valence electrons. The Morgan fingerprint density at radius 1 is 1.35 bits per heavy atom. The van der Waals surface area contributed by atoms with Gasteiger partial charge in [0.2, 0.25) is 10.0 Å². The van der Waals surface area contributed by atoms with Crippen LogP contribution in [0.1, 0.15) is 12.0 Å². The van der Waals surface area contributed by atoms with Crippen LogP contribution in [0.3, 0.4) is 0 Å². The zero-order valence-corrected chi connectivity index (χ0v) is 12.4. The van der Waals surface area contributed by atoms with E-state index in [9.17, 15) is 8.42 Å². The second kappa shape index (κ2) is 6.49. The number of hydrogen-bond donors (Lipinski definition) is 1. The SMILES string of the molecule is COCC1=CCN(S(=O)(=O)c2ccccc2CN)CC1. The molecule has 2 N–H and O–H groups in total. The van der Waals surface area contributed by atoms with Gasteiger partial charge in [0.1, 0.15) is 0 Å². The number of benzene rings is 1. The van der Waals surface area contributed by atoms with E-state index in [0.29, 0.717) is 36.6 Å². The molecular weight excluding hydrogens is 276 g/mol. The van der Waals surface area contributed by atoms with Crippen LogP contribution in [0.5, 0.6) is 0 Å². The molecule has 1 aromatic rings. The third-order valence-corrected chi connectivity index (χ3v) is 5.37. The van der Waals surface area contributed by atoms with Crippen LogP contribution in [0.4, 0.5) is 0 Å². The summed E-state index contributed by atoms with van der Waals surface area (Å²) in [5.74, 6) is 0. The summed E-state index contributed by atoms with van der Waals surface area (Å²) in [7, 11) is -1.83. The van der Waals surface area contributed by atoms with Gasteiger partial charge in [-0.1, -0.05) is 24.3 Å². The maximum absolute atomic E-state index is 12.6. The maximum atomic E-state index is 12.6. The molecule has 1 aromatic carbocycles. The lowest BCUT2D eigenvalue weighted by Gasteiger charge is -2.26. The maximum Gasteiger partial charge on any atom is 0.243 e. The number of ether oxygens (including phenoxy) is 1. The Balaban J connectivity index is 2.24. The van der Waals surface area contributed by atoms with Crippen LogP contribution < -0.4 is 5.73 Å². The van der Waals surface area contributed by atoms with Crippen molar-refractivity contribution < 1.29 is 13.2 Å². The van der Waals surface area contributed by atoms with Gasteiger partial charge in [-0.15, -0.1) is 0 Å². The normalized spacial score (nSPS) is 17.0. The van der Waals surface area contributed by atoms with Crippen molar-refractivity contribution in [2.45, 2.75) is 17.9 Å². The highest BCUT2D eigenvalue weighted by molar-refractivity contribution is 7.89. The molecule has 1 aliphatic rings.